The fourth-order valence-electron chi connectivity index (χ4n) is 4.81. The van der Waals surface area contributed by atoms with Gasteiger partial charge in [-0.15, -0.1) is 0 Å². The highest BCUT2D eigenvalue weighted by atomic mass is 35.5. The van der Waals surface area contributed by atoms with Crippen molar-refractivity contribution in [2.75, 3.05) is 10.0 Å². The van der Waals surface area contributed by atoms with Crippen LogP contribution in [0.1, 0.15) is 35.1 Å². The van der Waals surface area contributed by atoms with Crippen LogP contribution < -0.4 is 10.0 Å². The van der Waals surface area contributed by atoms with Crippen molar-refractivity contribution in [2.45, 2.75) is 29.5 Å². The number of halogens is 5. The lowest BCUT2D eigenvalue weighted by molar-refractivity contribution is -0.137. The van der Waals surface area contributed by atoms with Gasteiger partial charge in [-0.3, -0.25) is 4.72 Å². The molecule has 3 aromatic carbocycles. The normalized spacial score (nSPS) is 21.2. The van der Waals surface area contributed by atoms with Crippen molar-refractivity contribution < 1.29 is 21.6 Å². The summed E-state index contributed by atoms with van der Waals surface area (Å²) in [6, 6.07) is 13.9. The van der Waals surface area contributed by atoms with Crippen molar-refractivity contribution in [3.05, 3.63) is 99.6 Å². The van der Waals surface area contributed by atoms with Gasteiger partial charge in [0.05, 0.1) is 16.5 Å². The second-order valence-corrected chi connectivity index (χ2v) is 11.0. The molecule has 4 nitrogen and oxygen atoms in total. The Morgan fingerprint density at radius 2 is 1.69 bits per heavy atom. The zero-order chi connectivity index (χ0) is 25.0. The molecule has 0 aromatic heterocycles. The second kappa shape index (κ2) is 8.76. The van der Waals surface area contributed by atoms with Gasteiger partial charge in [0.15, 0.2) is 0 Å². The highest BCUT2D eigenvalue weighted by Crippen LogP contribution is 2.52. The number of hydrogen-bond donors (Lipinski definition) is 2. The van der Waals surface area contributed by atoms with Crippen LogP contribution in [0.3, 0.4) is 0 Å². The van der Waals surface area contributed by atoms with E-state index in [9.17, 15) is 21.6 Å². The molecule has 35 heavy (non-hydrogen) atoms. The van der Waals surface area contributed by atoms with Crippen LogP contribution in [0, 0.1) is 5.92 Å². The lowest BCUT2D eigenvalue weighted by atomic mass is 9.77. The Labute approximate surface area is 210 Å². The van der Waals surface area contributed by atoms with Crippen LogP contribution >= 0.6 is 23.2 Å². The van der Waals surface area contributed by atoms with Crippen LogP contribution in [0.25, 0.3) is 0 Å². The van der Waals surface area contributed by atoms with E-state index in [0.717, 1.165) is 41.4 Å². The van der Waals surface area contributed by atoms with Crippen molar-refractivity contribution in [3.63, 3.8) is 0 Å². The smallest absolute Gasteiger partial charge is 0.378 e. The molecule has 0 fully saturated rings. The van der Waals surface area contributed by atoms with Gasteiger partial charge in [0.1, 0.15) is 0 Å². The highest BCUT2D eigenvalue weighted by molar-refractivity contribution is 7.92. The number of fused-ring (bicyclic) bond motifs is 3. The number of benzene rings is 3. The summed E-state index contributed by atoms with van der Waals surface area (Å²) < 4.78 is 67.5. The molecule has 2 N–H and O–H groups in total. The second-order valence-electron chi connectivity index (χ2n) is 8.54. The minimum absolute atomic E-state index is 0.0382. The van der Waals surface area contributed by atoms with E-state index in [-0.39, 0.29) is 28.5 Å². The Bertz CT molecular complexity index is 1420. The molecule has 0 saturated carbocycles. The summed E-state index contributed by atoms with van der Waals surface area (Å²) in [7, 11) is -4.13. The van der Waals surface area contributed by atoms with Gasteiger partial charge in [-0.1, -0.05) is 47.5 Å². The summed E-state index contributed by atoms with van der Waals surface area (Å²) in [6.45, 7) is 0. The van der Waals surface area contributed by atoms with E-state index in [1.807, 2.05) is 12.2 Å². The van der Waals surface area contributed by atoms with Crippen LogP contribution in [0.5, 0.6) is 0 Å². The van der Waals surface area contributed by atoms with Crippen molar-refractivity contribution in [2.24, 2.45) is 5.92 Å². The van der Waals surface area contributed by atoms with E-state index in [0.29, 0.717) is 10.0 Å². The minimum Gasteiger partial charge on any atom is -0.378 e. The highest BCUT2D eigenvalue weighted by Gasteiger charge is 2.40. The third kappa shape index (κ3) is 4.50. The fourth-order valence-corrected chi connectivity index (χ4v) is 6.52. The summed E-state index contributed by atoms with van der Waals surface area (Å²) in [5.74, 6) is -0.0124. The average molecular weight is 539 g/mol. The van der Waals surface area contributed by atoms with E-state index in [4.69, 9.17) is 23.2 Å². The molecule has 2 aliphatic rings. The number of nitrogens with one attached hydrogen (secondary N) is 2. The van der Waals surface area contributed by atoms with Gasteiger partial charge >= 0.3 is 6.18 Å². The van der Waals surface area contributed by atoms with Crippen LogP contribution in [-0.4, -0.2) is 8.42 Å². The van der Waals surface area contributed by atoms with Gasteiger partial charge in [-0.05, 0) is 66.4 Å². The largest absolute Gasteiger partial charge is 0.416 e. The number of sulfonamides is 1. The lowest BCUT2D eigenvalue weighted by Gasteiger charge is -2.38. The first-order valence-electron chi connectivity index (χ1n) is 10.8. The summed E-state index contributed by atoms with van der Waals surface area (Å²) in [6.07, 6.45) is 0.261. The van der Waals surface area contributed by atoms with E-state index < -0.39 is 21.8 Å². The zero-order valence-electron chi connectivity index (χ0n) is 18.0. The molecule has 0 spiro atoms. The Hall–Kier alpha value is -2.68. The molecule has 0 amide bonds. The molecule has 3 atom stereocenters. The minimum atomic E-state index is -4.58. The standard InChI is InChI=1S/C25H19Cl2F3N2O2S/c26-20-8-3-9-21(27)23(20)24-18-7-2-6-17(18)19-13-16(10-11-22(19)31-24)35(33,34)32-15-5-1-4-14(12-15)25(28,29)30/h1-6,8-13,17-18,24,31-32H,7H2/t17-,18+,24-/m0/s1. The predicted octanol–water partition coefficient (Wildman–Crippen LogP) is 7.64. The number of alkyl halides is 3. The summed E-state index contributed by atoms with van der Waals surface area (Å²) in [5, 5.41) is 4.57. The summed E-state index contributed by atoms with van der Waals surface area (Å²) in [5.41, 5.74) is 1.23. The zero-order valence-corrected chi connectivity index (χ0v) is 20.3. The van der Waals surface area contributed by atoms with Gasteiger partial charge in [-0.25, -0.2) is 8.42 Å². The number of rotatable bonds is 4. The maximum Gasteiger partial charge on any atom is 0.416 e. The quantitative estimate of drug-likeness (QED) is 0.335. The van der Waals surface area contributed by atoms with Crippen molar-refractivity contribution >= 4 is 44.6 Å². The molecule has 1 aliphatic heterocycles. The SMILES string of the molecule is O=S(=O)(Nc1cccc(C(F)(F)F)c1)c1ccc2c(c1)[C@H]1C=CC[C@H]1[C@@H](c1c(Cl)cccc1Cl)N2. The Kier molecular flexibility index (Phi) is 6.02. The van der Waals surface area contributed by atoms with E-state index >= 15 is 0 Å². The first-order chi connectivity index (χ1) is 16.5. The number of allylic oxidation sites excluding steroid dienone is 2. The average Bonchev–Trinajstić information content (AvgIpc) is 3.28. The number of hydrogen-bond acceptors (Lipinski definition) is 3. The van der Waals surface area contributed by atoms with Crippen LogP contribution in [0.15, 0.2) is 77.7 Å². The van der Waals surface area contributed by atoms with Crippen molar-refractivity contribution in [1.82, 2.24) is 0 Å². The van der Waals surface area contributed by atoms with Crippen LogP contribution in [-0.2, 0) is 16.2 Å². The van der Waals surface area contributed by atoms with Gasteiger partial charge in [-0.2, -0.15) is 13.2 Å². The maximum absolute atomic E-state index is 13.0. The topological polar surface area (TPSA) is 58.2 Å². The molecule has 182 valence electrons. The summed E-state index contributed by atoms with van der Waals surface area (Å²) in [4.78, 5) is -0.0382. The molecule has 1 heterocycles. The molecule has 10 heteroatoms. The fraction of sp³-hybridized carbons (Fsp3) is 0.200. The molecule has 0 bridgehead atoms. The van der Waals surface area contributed by atoms with Gasteiger partial charge < -0.3 is 5.32 Å². The lowest BCUT2D eigenvalue weighted by Crippen LogP contribution is -2.29. The molecule has 0 unspecified atom stereocenters. The third-order valence-electron chi connectivity index (χ3n) is 6.40. The third-order valence-corrected chi connectivity index (χ3v) is 8.44. The predicted molar refractivity (Wildman–Crippen MR) is 132 cm³/mol. The first kappa shape index (κ1) is 24.0. The van der Waals surface area contributed by atoms with Gasteiger partial charge in [0, 0.05) is 32.9 Å². The molecule has 0 saturated heterocycles. The molecule has 0 radical (unpaired) electrons. The Morgan fingerprint density at radius 1 is 0.971 bits per heavy atom. The van der Waals surface area contributed by atoms with Gasteiger partial charge in [0.2, 0.25) is 0 Å². The summed E-state index contributed by atoms with van der Waals surface area (Å²) >= 11 is 13.0. The molecule has 1 aliphatic carbocycles. The van der Waals surface area contributed by atoms with Crippen LogP contribution in [0.2, 0.25) is 10.0 Å². The molecular weight excluding hydrogens is 520 g/mol. The van der Waals surface area contributed by atoms with E-state index in [1.54, 1.807) is 30.3 Å². The van der Waals surface area contributed by atoms with E-state index in [1.165, 1.54) is 12.1 Å². The monoisotopic (exact) mass is 538 g/mol. The Balaban J connectivity index is 1.49. The molecule has 5 rings (SSSR count). The van der Waals surface area contributed by atoms with Crippen molar-refractivity contribution in [1.29, 1.82) is 0 Å². The number of anilines is 2. The Morgan fingerprint density at radius 3 is 2.40 bits per heavy atom. The van der Waals surface area contributed by atoms with Crippen LogP contribution in [0.4, 0.5) is 24.5 Å². The van der Waals surface area contributed by atoms with Crippen molar-refractivity contribution in [3.8, 4) is 0 Å². The first-order valence-corrected chi connectivity index (χ1v) is 13.0. The van der Waals surface area contributed by atoms with E-state index in [2.05, 4.69) is 10.0 Å². The van der Waals surface area contributed by atoms with Gasteiger partial charge in [0.25, 0.3) is 10.0 Å². The maximum atomic E-state index is 13.0. The molecular formula is C25H19Cl2F3N2O2S. The molecule has 3 aromatic rings.